The zero-order valence-corrected chi connectivity index (χ0v) is 12.9. The summed E-state index contributed by atoms with van der Waals surface area (Å²) in [5.41, 5.74) is -5.48. The first-order chi connectivity index (χ1) is 11.6. The molecule has 0 bridgehead atoms. The molecule has 28 heavy (non-hydrogen) atoms. The molecule has 0 aliphatic rings. The van der Waals surface area contributed by atoms with Gasteiger partial charge in [-0.2, -0.15) is 0 Å². The second-order valence-corrected chi connectivity index (χ2v) is 4.96. The van der Waals surface area contributed by atoms with Gasteiger partial charge in [0, 0.05) is 0 Å². The standard InChI is InChI=1S/2C6H8O7.K.Na.2H/c2*7-3(8)1-6(13,5(11)12)2-4(9)10;;;;/h2*13H,1-2H2,(H,7,8)(H,9,10)(H,11,12);;;;. The molecule has 0 heterocycles. The van der Waals surface area contributed by atoms with E-state index in [0.29, 0.717) is 0 Å². The summed E-state index contributed by atoms with van der Waals surface area (Å²) in [4.78, 5) is 61.0. The van der Waals surface area contributed by atoms with Gasteiger partial charge in [0.2, 0.25) is 0 Å². The summed E-state index contributed by atoms with van der Waals surface area (Å²) in [6.07, 6.45) is -4.58. The van der Waals surface area contributed by atoms with E-state index in [9.17, 15) is 28.8 Å². The molecule has 14 nitrogen and oxygen atoms in total. The molecule has 0 aromatic rings. The van der Waals surface area contributed by atoms with Crippen LogP contribution in [0.25, 0.3) is 0 Å². The summed E-state index contributed by atoms with van der Waals surface area (Å²) in [7, 11) is 0. The summed E-state index contributed by atoms with van der Waals surface area (Å²) < 4.78 is 0. The van der Waals surface area contributed by atoms with Gasteiger partial charge in [0.15, 0.2) is 11.2 Å². The summed E-state index contributed by atoms with van der Waals surface area (Å²) in [5.74, 6) is -10.0. The Morgan fingerprint density at radius 2 is 0.643 bits per heavy atom. The molecule has 8 N–H and O–H groups in total. The summed E-state index contributed by atoms with van der Waals surface area (Å²) in [6.45, 7) is 0. The predicted octanol–water partition coefficient (Wildman–Crippen LogP) is -3.79. The SMILES string of the molecule is O=C(O)CC(O)(CC(=O)O)C(=O)O.O=C(O)CC(O)(CC(=O)O)C(=O)O.[KH].[NaH]. The van der Waals surface area contributed by atoms with Crippen molar-refractivity contribution < 1.29 is 69.6 Å². The Labute approximate surface area is 220 Å². The number of aliphatic hydroxyl groups is 2. The Balaban J connectivity index is -0.000000192. The minimum atomic E-state index is -2.74. The van der Waals surface area contributed by atoms with Crippen molar-refractivity contribution in [3.8, 4) is 0 Å². The second-order valence-electron chi connectivity index (χ2n) is 4.96. The van der Waals surface area contributed by atoms with Crippen LogP contribution in [-0.2, 0) is 28.8 Å². The van der Waals surface area contributed by atoms with E-state index in [-0.39, 0.29) is 80.9 Å². The third kappa shape index (κ3) is 15.3. The van der Waals surface area contributed by atoms with E-state index < -0.39 is 72.7 Å². The Morgan fingerprint density at radius 3 is 0.714 bits per heavy atom. The first-order valence-electron chi connectivity index (χ1n) is 6.34. The number of hydrogen-bond donors (Lipinski definition) is 8. The molecule has 16 heteroatoms. The maximum absolute atomic E-state index is 10.3. The molecule has 0 amide bonds. The van der Waals surface area contributed by atoms with E-state index in [1.807, 2.05) is 0 Å². The van der Waals surface area contributed by atoms with Gasteiger partial charge in [0.25, 0.3) is 0 Å². The zero-order valence-electron chi connectivity index (χ0n) is 12.9. The van der Waals surface area contributed by atoms with Crippen LogP contribution in [0.5, 0.6) is 0 Å². The molecule has 0 rings (SSSR count). The quantitative estimate of drug-likeness (QED) is 0.149. The molecule has 0 aliphatic carbocycles. The molecule has 0 saturated carbocycles. The number of aliphatic carboxylic acids is 6. The van der Waals surface area contributed by atoms with Gasteiger partial charge in [-0.25, -0.2) is 9.59 Å². The van der Waals surface area contributed by atoms with Crippen LogP contribution in [0.4, 0.5) is 0 Å². The van der Waals surface area contributed by atoms with Crippen molar-refractivity contribution in [1.29, 1.82) is 0 Å². The van der Waals surface area contributed by atoms with Gasteiger partial charge in [-0.1, -0.05) is 0 Å². The van der Waals surface area contributed by atoms with E-state index in [4.69, 9.17) is 40.9 Å². The van der Waals surface area contributed by atoms with Crippen LogP contribution in [0.1, 0.15) is 25.7 Å². The van der Waals surface area contributed by atoms with E-state index in [1.165, 1.54) is 0 Å². The van der Waals surface area contributed by atoms with Crippen LogP contribution in [0.15, 0.2) is 0 Å². The van der Waals surface area contributed by atoms with E-state index >= 15 is 0 Å². The van der Waals surface area contributed by atoms with E-state index in [2.05, 4.69) is 0 Å². The fourth-order valence-electron chi connectivity index (χ4n) is 1.43. The Bertz CT molecular complexity index is 519. The van der Waals surface area contributed by atoms with Gasteiger partial charge in [-0.15, -0.1) is 0 Å². The number of carboxylic acids is 6. The third-order valence-electron chi connectivity index (χ3n) is 2.57. The fraction of sp³-hybridized carbons (Fsp3) is 0.500. The van der Waals surface area contributed by atoms with Crippen LogP contribution in [0, 0.1) is 0 Å². The van der Waals surface area contributed by atoms with Crippen LogP contribution in [-0.4, -0.2) is 169 Å². The molecule has 0 aromatic carbocycles. The van der Waals surface area contributed by atoms with E-state index in [0.717, 1.165) is 0 Å². The Hall–Kier alpha value is -0.624. The molecular weight excluding hydrogens is 430 g/mol. The van der Waals surface area contributed by atoms with Crippen molar-refractivity contribution in [3.05, 3.63) is 0 Å². The van der Waals surface area contributed by atoms with Crippen molar-refractivity contribution in [2.45, 2.75) is 36.9 Å². The van der Waals surface area contributed by atoms with Crippen molar-refractivity contribution in [1.82, 2.24) is 0 Å². The van der Waals surface area contributed by atoms with E-state index in [1.54, 1.807) is 0 Å². The predicted molar refractivity (Wildman–Crippen MR) is 88.5 cm³/mol. The minimum absolute atomic E-state index is 0. The molecule has 152 valence electrons. The summed E-state index contributed by atoms with van der Waals surface area (Å²) >= 11 is 0. The van der Waals surface area contributed by atoms with Gasteiger partial charge in [-0.3, -0.25) is 19.2 Å². The van der Waals surface area contributed by atoms with Crippen molar-refractivity contribution >= 4 is 117 Å². The molecular formula is C12H18KNaO14. The maximum atomic E-state index is 10.3. The van der Waals surface area contributed by atoms with Gasteiger partial charge >= 0.3 is 117 Å². The normalized spacial score (nSPS) is 10.1. The van der Waals surface area contributed by atoms with Gasteiger partial charge in [-0.05, 0) is 0 Å². The van der Waals surface area contributed by atoms with Gasteiger partial charge in [0.05, 0.1) is 25.7 Å². The second kappa shape index (κ2) is 15.2. The Kier molecular flexibility index (Phi) is 19.0. The first kappa shape index (κ1) is 34.9. The molecule has 0 unspecified atom stereocenters. The molecule has 0 saturated heterocycles. The zero-order chi connectivity index (χ0) is 21.3. The van der Waals surface area contributed by atoms with Crippen molar-refractivity contribution in [2.75, 3.05) is 0 Å². The topological polar surface area (TPSA) is 264 Å². The number of rotatable bonds is 10. The molecule has 0 aromatic heterocycles. The van der Waals surface area contributed by atoms with Crippen LogP contribution >= 0.6 is 0 Å². The average Bonchev–Trinajstić information content (AvgIpc) is 2.34. The molecule has 0 fully saturated rings. The first-order valence-corrected chi connectivity index (χ1v) is 6.34. The molecule has 0 aliphatic heterocycles. The number of hydrogen-bond acceptors (Lipinski definition) is 8. The molecule has 0 spiro atoms. The fourth-order valence-corrected chi connectivity index (χ4v) is 1.43. The van der Waals surface area contributed by atoms with Gasteiger partial charge in [0.1, 0.15) is 0 Å². The van der Waals surface area contributed by atoms with Crippen LogP contribution in [0.2, 0.25) is 0 Å². The number of carbonyl (C=O) groups is 6. The van der Waals surface area contributed by atoms with Crippen molar-refractivity contribution in [2.24, 2.45) is 0 Å². The van der Waals surface area contributed by atoms with Crippen LogP contribution < -0.4 is 0 Å². The summed E-state index contributed by atoms with van der Waals surface area (Å²) in [5, 5.41) is 67.6. The average molecular weight is 448 g/mol. The van der Waals surface area contributed by atoms with Crippen molar-refractivity contribution in [3.63, 3.8) is 0 Å². The van der Waals surface area contributed by atoms with Gasteiger partial charge < -0.3 is 40.9 Å². The molecule has 0 atom stereocenters. The summed E-state index contributed by atoms with van der Waals surface area (Å²) in [6, 6.07) is 0. The number of carboxylic acid groups (broad SMARTS) is 6. The molecule has 0 radical (unpaired) electrons. The third-order valence-corrected chi connectivity index (χ3v) is 2.57. The van der Waals surface area contributed by atoms with Crippen LogP contribution in [0.3, 0.4) is 0 Å². The Morgan fingerprint density at radius 1 is 0.500 bits per heavy atom. The monoisotopic (exact) mass is 448 g/mol.